The molecule has 0 unspecified atom stereocenters. The van der Waals surface area contributed by atoms with Crippen LogP contribution < -0.4 is 14.4 Å². The van der Waals surface area contributed by atoms with Crippen molar-refractivity contribution in [2.24, 2.45) is 0 Å². The molecule has 2 aromatic carbocycles. The van der Waals surface area contributed by atoms with Crippen molar-refractivity contribution in [1.82, 2.24) is 4.98 Å². The summed E-state index contributed by atoms with van der Waals surface area (Å²) in [6, 6.07) is 13.3. The molecule has 1 aromatic heterocycles. The van der Waals surface area contributed by atoms with Gasteiger partial charge in [0.25, 0.3) is 0 Å². The van der Waals surface area contributed by atoms with E-state index in [2.05, 4.69) is 31.1 Å². The zero-order valence-electron chi connectivity index (χ0n) is 21.1. The van der Waals surface area contributed by atoms with Gasteiger partial charge in [0.2, 0.25) is 0 Å². The van der Waals surface area contributed by atoms with E-state index in [0.29, 0.717) is 37.2 Å². The van der Waals surface area contributed by atoms with Gasteiger partial charge >= 0.3 is 0 Å². The molecule has 1 saturated heterocycles. The Hall–Kier alpha value is -2.58. The van der Waals surface area contributed by atoms with E-state index in [4.69, 9.17) is 14.5 Å². The molecule has 188 valence electrons. The number of aromatic nitrogens is 1. The van der Waals surface area contributed by atoms with Crippen LogP contribution >= 0.6 is 11.3 Å². The number of sulfone groups is 1. The number of anilines is 1. The van der Waals surface area contributed by atoms with E-state index >= 15 is 0 Å². The predicted molar refractivity (Wildman–Crippen MR) is 142 cm³/mol. The molecule has 0 bridgehead atoms. The van der Waals surface area contributed by atoms with Gasteiger partial charge < -0.3 is 14.4 Å². The molecule has 0 amide bonds. The molecule has 6 nitrogen and oxygen atoms in total. The molecule has 35 heavy (non-hydrogen) atoms. The predicted octanol–water partition coefficient (Wildman–Crippen LogP) is 5.49. The van der Waals surface area contributed by atoms with Gasteiger partial charge in [0.1, 0.15) is 11.5 Å². The quantitative estimate of drug-likeness (QED) is 0.415. The number of hydrogen-bond acceptors (Lipinski definition) is 7. The highest BCUT2D eigenvalue weighted by molar-refractivity contribution is 7.92. The topological polar surface area (TPSA) is 68.7 Å². The van der Waals surface area contributed by atoms with E-state index in [9.17, 15) is 8.42 Å². The average molecular weight is 515 g/mol. The fourth-order valence-electron chi connectivity index (χ4n) is 4.39. The number of piperidine rings is 1. The van der Waals surface area contributed by atoms with E-state index in [0.717, 1.165) is 33.5 Å². The lowest BCUT2D eigenvalue weighted by Gasteiger charge is -2.31. The van der Waals surface area contributed by atoms with Crippen molar-refractivity contribution in [3.05, 3.63) is 64.7 Å². The van der Waals surface area contributed by atoms with Gasteiger partial charge in [-0.05, 0) is 53.6 Å². The molecular weight excluding hydrogens is 480 g/mol. The Morgan fingerprint density at radius 1 is 1.00 bits per heavy atom. The van der Waals surface area contributed by atoms with Crippen LogP contribution in [0.5, 0.6) is 11.5 Å². The SMILES string of the molecule is COc1cc(Cc2csc(N3CCC(S(=O)(=O)c4ccc(C(C)(C)C)cc4)CC3)n2)cc(OC)c1. The van der Waals surface area contributed by atoms with Gasteiger partial charge in [0, 0.05) is 31.0 Å². The zero-order valence-corrected chi connectivity index (χ0v) is 22.7. The Morgan fingerprint density at radius 2 is 1.60 bits per heavy atom. The van der Waals surface area contributed by atoms with E-state index in [1.54, 1.807) is 37.7 Å². The lowest BCUT2D eigenvalue weighted by Crippen LogP contribution is -2.39. The lowest BCUT2D eigenvalue weighted by molar-refractivity contribution is 0.393. The summed E-state index contributed by atoms with van der Waals surface area (Å²) < 4.78 is 37.2. The normalized spacial score (nSPS) is 15.3. The second-order valence-corrected chi connectivity index (χ2v) is 13.1. The van der Waals surface area contributed by atoms with Gasteiger partial charge in [-0.1, -0.05) is 32.9 Å². The largest absolute Gasteiger partial charge is 0.497 e. The minimum atomic E-state index is -3.35. The Bertz CT molecular complexity index is 1230. The summed E-state index contributed by atoms with van der Waals surface area (Å²) in [6.45, 7) is 7.76. The first-order valence-electron chi connectivity index (χ1n) is 11.9. The second kappa shape index (κ2) is 10.2. The van der Waals surface area contributed by atoms with Crippen LogP contribution in [0.1, 0.15) is 50.4 Å². The molecular formula is C27H34N2O4S2. The number of hydrogen-bond donors (Lipinski definition) is 0. The third-order valence-corrected chi connectivity index (χ3v) is 9.76. The van der Waals surface area contributed by atoms with Crippen LogP contribution in [-0.4, -0.2) is 46.0 Å². The van der Waals surface area contributed by atoms with Gasteiger partial charge in [0.15, 0.2) is 15.0 Å². The maximum atomic E-state index is 13.3. The van der Waals surface area contributed by atoms with Gasteiger partial charge in [-0.3, -0.25) is 0 Å². The molecule has 0 atom stereocenters. The highest BCUT2D eigenvalue weighted by Gasteiger charge is 2.32. The number of nitrogens with zero attached hydrogens (tertiary/aromatic N) is 2. The minimum absolute atomic E-state index is 0.00115. The summed E-state index contributed by atoms with van der Waals surface area (Å²) in [6.07, 6.45) is 1.89. The summed E-state index contributed by atoms with van der Waals surface area (Å²) in [5.74, 6) is 1.51. The maximum absolute atomic E-state index is 13.3. The number of ether oxygens (including phenoxy) is 2. The fraction of sp³-hybridized carbons (Fsp3) is 0.444. The highest BCUT2D eigenvalue weighted by atomic mass is 32.2. The maximum Gasteiger partial charge on any atom is 0.185 e. The van der Waals surface area contributed by atoms with Crippen molar-refractivity contribution < 1.29 is 17.9 Å². The van der Waals surface area contributed by atoms with Crippen molar-refractivity contribution in [2.75, 3.05) is 32.2 Å². The van der Waals surface area contributed by atoms with Crippen LogP contribution in [0, 0.1) is 0 Å². The summed E-state index contributed by atoms with van der Waals surface area (Å²) in [5.41, 5.74) is 3.19. The van der Waals surface area contributed by atoms with Crippen molar-refractivity contribution in [3.63, 3.8) is 0 Å². The third kappa shape index (κ3) is 5.81. The summed E-state index contributed by atoms with van der Waals surface area (Å²) in [7, 11) is -0.0599. The smallest absolute Gasteiger partial charge is 0.185 e. The van der Waals surface area contributed by atoms with E-state index in [1.165, 1.54) is 0 Å². The summed E-state index contributed by atoms with van der Waals surface area (Å²) in [4.78, 5) is 7.46. The van der Waals surface area contributed by atoms with Crippen molar-refractivity contribution in [3.8, 4) is 11.5 Å². The molecule has 0 saturated carbocycles. The Morgan fingerprint density at radius 3 is 2.14 bits per heavy atom. The van der Waals surface area contributed by atoms with Crippen LogP contribution in [0.2, 0.25) is 0 Å². The summed E-state index contributed by atoms with van der Waals surface area (Å²) in [5, 5.41) is 2.66. The number of thiazole rings is 1. The van der Waals surface area contributed by atoms with E-state index in [-0.39, 0.29) is 10.7 Å². The van der Waals surface area contributed by atoms with Gasteiger partial charge in [-0.25, -0.2) is 13.4 Å². The molecule has 2 heterocycles. The van der Waals surface area contributed by atoms with E-state index < -0.39 is 9.84 Å². The average Bonchev–Trinajstić information content (AvgIpc) is 3.31. The van der Waals surface area contributed by atoms with Crippen molar-refractivity contribution in [2.45, 2.75) is 55.6 Å². The Kier molecular flexibility index (Phi) is 7.43. The standard InChI is InChI=1S/C27H34N2O4S2/c1-27(2,3)20-6-8-24(9-7-20)35(30,31)25-10-12-29(13-11-25)26-28-21(18-34-26)14-19-15-22(32-4)17-23(16-19)33-5/h6-9,15-18,25H,10-14H2,1-5H3. The number of methoxy groups -OCH3 is 2. The van der Waals surface area contributed by atoms with Crippen LogP contribution in [0.25, 0.3) is 0 Å². The van der Waals surface area contributed by atoms with E-state index in [1.807, 2.05) is 30.3 Å². The molecule has 0 spiro atoms. The highest BCUT2D eigenvalue weighted by Crippen LogP contribution is 2.31. The molecule has 4 rings (SSSR count). The van der Waals surface area contributed by atoms with Crippen molar-refractivity contribution in [1.29, 1.82) is 0 Å². The molecule has 0 aliphatic carbocycles. The zero-order chi connectivity index (χ0) is 25.2. The molecule has 1 aliphatic heterocycles. The molecule has 3 aromatic rings. The first-order valence-corrected chi connectivity index (χ1v) is 14.3. The molecule has 8 heteroatoms. The van der Waals surface area contributed by atoms with Crippen LogP contribution in [0.4, 0.5) is 5.13 Å². The first-order chi connectivity index (χ1) is 16.6. The Labute approximate surface area is 212 Å². The van der Waals surface area contributed by atoms with Gasteiger partial charge in [-0.15, -0.1) is 11.3 Å². The number of benzene rings is 2. The van der Waals surface area contributed by atoms with Crippen LogP contribution in [0.15, 0.2) is 52.7 Å². The monoisotopic (exact) mass is 514 g/mol. The molecule has 1 fully saturated rings. The van der Waals surface area contributed by atoms with Crippen molar-refractivity contribution >= 4 is 26.3 Å². The lowest BCUT2D eigenvalue weighted by atomic mass is 9.87. The molecule has 0 radical (unpaired) electrons. The molecule has 1 aliphatic rings. The van der Waals surface area contributed by atoms with Crippen LogP contribution in [0.3, 0.4) is 0 Å². The first kappa shape index (κ1) is 25.5. The Balaban J connectivity index is 1.40. The summed E-state index contributed by atoms with van der Waals surface area (Å²) >= 11 is 1.61. The van der Waals surface area contributed by atoms with Crippen LogP contribution in [-0.2, 0) is 21.7 Å². The third-order valence-electron chi connectivity index (χ3n) is 6.54. The van der Waals surface area contributed by atoms with Gasteiger partial charge in [0.05, 0.1) is 30.1 Å². The minimum Gasteiger partial charge on any atom is -0.497 e. The number of rotatable bonds is 7. The molecule has 0 N–H and O–H groups in total. The second-order valence-electron chi connectivity index (χ2n) is 10.0. The van der Waals surface area contributed by atoms with Gasteiger partial charge in [-0.2, -0.15) is 0 Å². The fourth-order valence-corrected chi connectivity index (χ4v) is 7.01.